The van der Waals surface area contributed by atoms with Crippen LogP contribution in [0.1, 0.15) is 18.1 Å². The van der Waals surface area contributed by atoms with E-state index in [0.717, 1.165) is 30.4 Å². The van der Waals surface area contributed by atoms with Crippen molar-refractivity contribution in [2.24, 2.45) is 0 Å². The maximum absolute atomic E-state index is 12.5. The fourth-order valence-electron chi connectivity index (χ4n) is 3.85. The van der Waals surface area contributed by atoms with E-state index in [-0.39, 0.29) is 12.5 Å². The standard InChI is InChI=1S/C24H27N3O3/c1-17(30-22-10-4-8-19-9-5-12-25-23(19)22)24(29)26-14-21(28)16-27-13-11-18-6-2-3-7-20(18)15-27/h2-10,12,17,21,28H,11,13-16H2,1H3,(H,26,29)/t17-,21+/m0/s1. The van der Waals surface area contributed by atoms with Gasteiger partial charge in [-0.25, -0.2) is 0 Å². The molecule has 0 saturated heterocycles. The van der Waals surface area contributed by atoms with E-state index in [4.69, 9.17) is 4.74 Å². The highest BCUT2D eigenvalue weighted by molar-refractivity contribution is 5.85. The average molecular weight is 405 g/mol. The first-order chi connectivity index (χ1) is 14.6. The molecular formula is C24H27N3O3. The molecule has 1 amide bonds. The predicted octanol–water partition coefficient (Wildman–Crippen LogP) is 2.54. The van der Waals surface area contributed by atoms with Gasteiger partial charge in [0, 0.05) is 37.8 Å². The van der Waals surface area contributed by atoms with Gasteiger partial charge in [0.05, 0.1) is 6.10 Å². The number of carbonyl (C=O) groups excluding carboxylic acids is 1. The molecule has 2 atom stereocenters. The van der Waals surface area contributed by atoms with E-state index in [2.05, 4.69) is 33.4 Å². The van der Waals surface area contributed by atoms with Gasteiger partial charge in [0.2, 0.25) is 0 Å². The Kier molecular flexibility index (Phi) is 6.26. The second-order valence-electron chi connectivity index (χ2n) is 7.74. The Hall–Kier alpha value is -2.96. The largest absolute Gasteiger partial charge is 0.479 e. The van der Waals surface area contributed by atoms with Gasteiger partial charge in [-0.1, -0.05) is 42.5 Å². The molecule has 156 valence electrons. The highest BCUT2D eigenvalue weighted by Crippen LogP contribution is 2.24. The molecule has 2 N–H and O–H groups in total. The number of fused-ring (bicyclic) bond motifs is 2. The van der Waals surface area contributed by atoms with Crippen molar-refractivity contribution in [2.45, 2.75) is 32.1 Å². The van der Waals surface area contributed by atoms with Gasteiger partial charge >= 0.3 is 0 Å². The average Bonchev–Trinajstić information content (AvgIpc) is 2.77. The highest BCUT2D eigenvalue weighted by Gasteiger charge is 2.20. The highest BCUT2D eigenvalue weighted by atomic mass is 16.5. The van der Waals surface area contributed by atoms with Crippen LogP contribution in [0.15, 0.2) is 60.8 Å². The number of benzene rings is 2. The summed E-state index contributed by atoms with van der Waals surface area (Å²) in [7, 11) is 0. The van der Waals surface area contributed by atoms with Crippen molar-refractivity contribution >= 4 is 16.8 Å². The van der Waals surface area contributed by atoms with Crippen molar-refractivity contribution in [2.75, 3.05) is 19.6 Å². The summed E-state index contributed by atoms with van der Waals surface area (Å²) in [6, 6.07) is 17.9. The lowest BCUT2D eigenvalue weighted by molar-refractivity contribution is -0.127. The summed E-state index contributed by atoms with van der Waals surface area (Å²) in [6.45, 7) is 4.16. The monoisotopic (exact) mass is 405 g/mol. The number of para-hydroxylation sites is 1. The topological polar surface area (TPSA) is 74.7 Å². The molecule has 0 bridgehead atoms. The summed E-state index contributed by atoms with van der Waals surface area (Å²) in [4.78, 5) is 19.0. The summed E-state index contributed by atoms with van der Waals surface area (Å²) in [5.41, 5.74) is 3.42. The number of nitrogens with one attached hydrogen (secondary N) is 1. The minimum absolute atomic E-state index is 0.193. The van der Waals surface area contributed by atoms with Crippen molar-refractivity contribution in [3.8, 4) is 5.75 Å². The van der Waals surface area contributed by atoms with Crippen LogP contribution < -0.4 is 10.1 Å². The van der Waals surface area contributed by atoms with E-state index >= 15 is 0 Å². The molecule has 2 aromatic carbocycles. The van der Waals surface area contributed by atoms with Crippen LogP contribution in [-0.4, -0.2) is 52.7 Å². The third kappa shape index (κ3) is 4.78. The maximum atomic E-state index is 12.5. The zero-order valence-electron chi connectivity index (χ0n) is 17.1. The van der Waals surface area contributed by atoms with Crippen LogP contribution in [0.4, 0.5) is 0 Å². The van der Waals surface area contributed by atoms with Crippen LogP contribution in [0.25, 0.3) is 10.9 Å². The Labute approximate surface area is 176 Å². The predicted molar refractivity (Wildman–Crippen MR) is 116 cm³/mol. The molecule has 0 fully saturated rings. The molecule has 1 aromatic heterocycles. The lowest BCUT2D eigenvalue weighted by Gasteiger charge is -2.30. The summed E-state index contributed by atoms with van der Waals surface area (Å²) in [5.74, 6) is 0.314. The number of hydrogen-bond acceptors (Lipinski definition) is 5. The van der Waals surface area contributed by atoms with Gasteiger partial charge < -0.3 is 15.2 Å². The van der Waals surface area contributed by atoms with Gasteiger partial charge in [0.1, 0.15) is 11.3 Å². The number of aromatic nitrogens is 1. The molecule has 1 aliphatic heterocycles. The Morgan fingerprint density at radius 1 is 1.17 bits per heavy atom. The van der Waals surface area contributed by atoms with E-state index in [1.165, 1.54) is 11.1 Å². The number of nitrogens with zero attached hydrogens (tertiary/aromatic N) is 2. The molecule has 0 unspecified atom stereocenters. The molecule has 4 rings (SSSR count). The number of aliphatic hydroxyl groups is 1. The zero-order valence-corrected chi connectivity index (χ0v) is 17.1. The summed E-state index contributed by atoms with van der Waals surface area (Å²) >= 11 is 0. The van der Waals surface area contributed by atoms with Crippen LogP contribution in [-0.2, 0) is 17.8 Å². The number of carbonyl (C=O) groups is 1. The first-order valence-corrected chi connectivity index (χ1v) is 10.4. The molecule has 0 radical (unpaired) electrons. The van der Waals surface area contributed by atoms with Crippen LogP contribution in [0, 0.1) is 0 Å². The Bertz CT molecular complexity index is 1020. The first kappa shape index (κ1) is 20.3. The Morgan fingerprint density at radius 3 is 2.83 bits per heavy atom. The molecule has 2 heterocycles. The molecule has 6 heteroatoms. The molecule has 6 nitrogen and oxygen atoms in total. The van der Waals surface area contributed by atoms with Crippen LogP contribution in [0.2, 0.25) is 0 Å². The van der Waals surface area contributed by atoms with Gasteiger partial charge in [-0.05, 0) is 36.6 Å². The minimum atomic E-state index is -0.688. The Morgan fingerprint density at radius 2 is 1.97 bits per heavy atom. The fraction of sp³-hybridized carbons (Fsp3) is 0.333. The van der Waals surface area contributed by atoms with Crippen molar-refractivity contribution in [3.05, 3.63) is 71.9 Å². The number of amides is 1. The van der Waals surface area contributed by atoms with Crippen LogP contribution in [0.3, 0.4) is 0 Å². The number of aliphatic hydroxyl groups excluding tert-OH is 1. The van der Waals surface area contributed by atoms with Gasteiger partial charge in [0.15, 0.2) is 6.10 Å². The van der Waals surface area contributed by atoms with Crippen LogP contribution in [0.5, 0.6) is 5.75 Å². The summed E-state index contributed by atoms with van der Waals surface area (Å²) in [5, 5.41) is 14.2. The fourth-order valence-corrected chi connectivity index (χ4v) is 3.85. The number of rotatable bonds is 7. The third-order valence-corrected chi connectivity index (χ3v) is 5.46. The molecule has 1 aliphatic rings. The maximum Gasteiger partial charge on any atom is 0.260 e. The van der Waals surface area contributed by atoms with Crippen molar-refractivity contribution in [1.29, 1.82) is 0 Å². The van der Waals surface area contributed by atoms with E-state index in [1.54, 1.807) is 13.1 Å². The van der Waals surface area contributed by atoms with Gasteiger partial charge in [-0.3, -0.25) is 14.7 Å². The van der Waals surface area contributed by atoms with E-state index < -0.39 is 12.2 Å². The molecular weight excluding hydrogens is 378 g/mol. The number of β-amino-alcohol motifs (C(OH)–C–C–N with tert-alkyl or cyclic N) is 1. The van der Waals surface area contributed by atoms with E-state index in [9.17, 15) is 9.90 Å². The quantitative estimate of drug-likeness (QED) is 0.632. The first-order valence-electron chi connectivity index (χ1n) is 10.4. The SMILES string of the molecule is C[C@H](Oc1cccc2cccnc12)C(=O)NC[C@@H](O)CN1CCc2ccccc2C1. The second kappa shape index (κ2) is 9.24. The second-order valence-corrected chi connectivity index (χ2v) is 7.74. The smallest absolute Gasteiger partial charge is 0.260 e. The summed E-state index contributed by atoms with van der Waals surface area (Å²) < 4.78 is 5.84. The van der Waals surface area contributed by atoms with Gasteiger partial charge in [-0.15, -0.1) is 0 Å². The zero-order chi connectivity index (χ0) is 20.9. The van der Waals surface area contributed by atoms with Crippen molar-refractivity contribution in [1.82, 2.24) is 15.2 Å². The van der Waals surface area contributed by atoms with Gasteiger partial charge in [0.25, 0.3) is 5.91 Å². The third-order valence-electron chi connectivity index (χ3n) is 5.46. The molecule has 0 aliphatic carbocycles. The van der Waals surface area contributed by atoms with Crippen molar-refractivity contribution < 1.29 is 14.6 Å². The molecule has 0 saturated carbocycles. The minimum Gasteiger partial charge on any atom is -0.479 e. The number of hydrogen-bond donors (Lipinski definition) is 2. The van der Waals surface area contributed by atoms with Gasteiger partial charge in [-0.2, -0.15) is 0 Å². The lowest BCUT2D eigenvalue weighted by Crippen LogP contribution is -2.44. The molecule has 30 heavy (non-hydrogen) atoms. The summed E-state index contributed by atoms with van der Waals surface area (Å²) in [6.07, 6.45) is 1.37. The molecule has 3 aromatic rings. The number of pyridine rings is 1. The normalized spacial score (nSPS) is 15.9. The van der Waals surface area contributed by atoms with E-state index in [1.807, 2.05) is 36.4 Å². The molecule has 0 spiro atoms. The lowest BCUT2D eigenvalue weighted by atomic mass is 10.00. The van der Waals surface area contributed by atoms with E-state index in [0.29, 0.717) is 12.3 Å². The van der Waals surface area contributed by atoms with Crippen molar-refractivity contribution in [3.63, 3.8) is 0 Å². The van der Waals surface area contributed by atoms with Crippen LogP contribution >= 0.6 is 0 Å². The number of ether oxygens (including phenoxy) is 1. The Balaban J connectivity index is 1.27.